The van der Waals surface area contributed by atoms with Crippen LogP contribution in [0.25, 0.3) is 0 Å². The number of nitrogens with two attached hydrogens (primary N) is 1. The lowest BCUT2D eigenvalue weighted by Gasteiger charge is -2.28. The predicted octanol–water partition coefficient (Wildman–Crippen LogP) is 3.14. The van der Waals surface area contributed by atoms with E-state index < -0.39 is 0 Å². The summed E-state index contributed by atoms with van der Waals surface area (Å²) in [5.41, 5.74) is 5.80. The Bertz CT molecular complexity index is 239. The molecular formula is C16H34N2O. The maximum Gasteiger partial charge on any atom is 0.222 e. The fourth-order valence-corrected chi connectivity index (χ4v) is 2.47. The van der Waals surface area contributed by atoms with Crippen LogP contribution in [0.2, 0.25) is 0 Å². The molecule has 0 saturated heterocycles. The molecule has 0 aliphatic carbocycles. The highest BCUT2D eigenvalue weighted by Crippen LogP contribution is 2.16. The second kappa shape index (κ2) is 9.35. The molecule has 0 aromatic carbocycles. The molecule has 2 N–H and O–H groups in total. The lowest BCUT2D eigenvalue weighted by Crippen LogP contribution is -2.38. The monoisotopic (exact) mass is 270 g/mol. The smallest absolute Gasteiger partial charge is 0.222 e. The quantitative estimate of drug-likeness (QED) is 0.699. The molecule has 0 spiro atoms. The molecule has 0 aromatic rings. The Hall–Kier alpha value is -0.570. The molecule has 3 nitrogen and oxygen atoms in total. The van der Waals surface area contributed by atoms with Gasteiger partial charge in [-0.15, -0.1) is 0 Å². The van der Waals surface area contributed by atoms with Crippen molar-refractivity contribution in [2.24, 2.45) is 29.4 Å². The van der Waals surface area contributed by atoms with Crippen LogP contribution in [-0.4, -0.2) is 30.4 Å². The zero-order chi connectivity index (χ0) is 15.0. The van der Waals surface area contributed by atoms with Crippen molar-refractivity contribution in [1.82, 2.24) is 4.90 Å². The van der Waals surface area contributed by atoms with Crippen LogP contribution in [0.3, 0.4) is 0 Å². The Morgan fingerprint density at radius 2 is 1.42 bits per heavy atom. The number of carbonyl (C=O) groups is 1. The molecule has 114 valence electrons. The van der Waals surface area contributed by atoms with Gasteiger partial charge in [0.05, 0.1) is 0 Å². The zero-order valence-electron chi connectivity index (χ0n) is 13.8. The lowest BCUT2D eigenvalue weighted by atomic mass is 9.93. The normalized spacial score (nSPS) is 13.4. The van der Waals surface area contributed by atoms with Crippen molar-refractivity contribution < 1.29 is 4.79 Å². The first-order valence-electron chi connectivity index (χ1n) is 7.74. The minimum absolute atomic E-state index is 0.276. The van der Waals surface area contributed by atoms with Gasteiger partial charge in [-0.05, 0) is 36.6 Å². The van der Waals surface area contributed by atoms with Gasteiger partial charge in [-0.1, -0.05) is 41.5 Å². The standard InChI is InChI=1S/C16H34N2O/c1-12(2)7-15(9-17)8-16(19)18(10-13(3)4)11-14(5)6/h12-15H,7-11,17H2,1-6H3. The molecule has 0 saturated carbocycles. The summed E-state index contributed by atoms with van der Waals surface area (Å²) >= 11 is 0. The molecule has 0 bridgehead atoms. The maximum absolute atomic E-state index is 12.4. The molecule has 1 unspecified atom stereocenters. The Morgan fingerprint density at radius 3 is 1.74 bits per heavy atom. The summed E-state index contributed by atoms with van der Waals surface area (Å²) in [5, 5.41) is 0. The van der Waals surface area contributed by atoms with E-state index in [1.54, 1.807) is 0 Å². The summed E-state index contributed by atoms with van der Waals surface area (Å²) in [6.07, 6.45) is 1.65. The summed E-state index contributed by atoms with van der Waals surface area (Å²) in [4.78, 5) is 14.5. The molecule has 0 radical (unpaired) electrons. The summed E-state index contributed by atoms with van der Waals surface area (Å²) in [6, 6.07) is 0. The van der Waals surface area contributed by atoms with E-state index in [1.165, 1.54) is 0 Å². The lowest BCUT2D eigenvalue weighted by molar-refractivity contribution is -0.133. The molecule has 0 rings (SSSR count). The second-order valence-electron chi connectivity index (χ2n) is 7.02. The van der Waals surface area contributed by atoms with E-state index in [9.17, 15) is 4.79 Å². The van der Waals surface area contributed by atoms with Crippen LogP contribution in [0.15, 0.2) is 0 Å². The molecular weight excluding hydrogens is 236 g/mol. The van der Waals surface area contributed by atoms with Crippen LogP contribution in [0.4, 0.5) is 0 Å². The first-order chi connectivity index (χ1) is 8.76. The van der Waals surface area contributed by atoms with Gasteiger partial charge in [0, 0.05) is 19.5 Å². The average molecular weight is 270 g/mol. The first-order valence-corrected chi connectivity index (χ1v) is 7.74. The van der Waals surface area contributed by atoms with Crippen LogP contribution >= 0.6 is 0 Å². The first kappa shape index (κ1) is 18.4. The maximum atomic E-state index is 12.4. The molecule has 1 amide bonds. The van der Waals surface area contributed by atoms with Crippen LogP contribution < -0.4 is 5.73 Å². The van der Waals surface area contributed by atoms with Crippen molar-refractivity contribution in [2.45, 2.75) is 54.4 Å². The Labute approximate surface area is 119 Å². The Kier molecular flexibility index (Phi) is 9.07. The van der Waals surface area contributed by atoms with Crippen LogP contribution in [0.5, 0.6) is 0 Å². The van der Waals surface area contributed by atoms with Crippen molar-refractivity contribution >= 4 is 5.91 Å². The fourth-order valence-electron chi connectivity index (χ4n) is 2.47. The van der Waals surface area contributed by atoms with Gasteiger partial charge < -0.3 is 10.6 Å². The Balaban J connectivity index is 4.51. The minimum atomic E-state index is 0.276. The van der Waals surface area contributed by atoms with E-state index in [-0.39, 0.29) is 5.91 Å². The summed E-state index contributed by atoms with van der Waals surface area (Å²) in [5.74, 6) is 2.24. The van der Waals surface area contributed by atoms with Gasteiger partial charge >= 0.3 is 0 Å². The highest BCUT2D eigenvalue weighted by atomic mass is 16.2. The number of carbonyl (C=O) groups excluding carboxylic acids is 1. The third kappa shape index (κ3) is 9.04. The third-order valence-electron chi connectivity index (χ3n) is 3.13. The largest absolute Gasteiger partial charge is 0.342 e. The SMILES string of the molecule is CC(C)CC(CN)CC(=O)N(CC(C)C)CC(C)C. The van der Waals surface area contributed by atoms with Crippen LogP contribution in [-0.2, 0) is 4.79 Å². The molecule has 1 atom stereocenters. The van der Waals surface area contributed by atoms with Gasteiger partial charge in [0.15, 0.2) is 0 Å². The molecule has 0 fully saturated rings. The van der Waals surface area contributed by atoms with E-state index in [2.05, 4.69) is 41.5 Å². The number of amides is 1. The predicted molar refractivity (Wildman–Crippen MR) is 82.9 cm³/mol. The van der Waals surface area contributed by atoms with Crippen molar-refractivity contribution in [3.8, 4) is 0 Å². The van der Waals surface area contributed by atoms with Gasteiger partial charge in [-0.2, -0.15) is 0 Å². The molecule has 3 heteroatoms. The van der Waals surface area contributed by atoms with E-state index in [1.807, 2.05) is 4.90 Å². The van der Waals surface area contributed by atoms with E-state index in [0.717, 1.165) is 19.5 Å². The zero-order valence-corrected chi connectivity index (χ0v) is 13.8. The third-order valence-corrected chi connectivity index (χ3v) is 3.13. The molecule has 0 aliphatic rings. The number of hydrogen-bond acceptors (Lipinski definition) is 2. The number of hydrogen-bond donors (Lipinski definition) is 1. The summed E-state index contributed by atoms with van der Waals surface area (Å²) in [6.45, 7) is 15.3. The average Bonchev–Trinajstić information content (AvgIpc) is 2.25. The van der Waals surface area contributed by atoms with E-state index in [0.29, 0.717) is 36.6 Å². The molecule has 19 heavy (non-hydrogen) atoms. The van der Waals surface area contributed by atoms with Crippen molar-refractivity contribution in [1.29, 1.82) is 0 Å². The van der Waals surface area contributed by atoms with Crippen molar-refractivity contribution in [3.05, 3.63) is 0 Å². The number of rotatable bonds is 9. The van der Waals surface area contributed by atoms with Crippen molar-refractivity contribution in [3.63, 3.8) is 0 Å². The van der Waals surface area contributed by atoms with Gasteiger partial charge in [-0.3, -0.25) is 4.79 Å². The highest BCUT2D eigenvalue weighted by molar-refractivity contribution is 5.76. The highest BCUT2D eigenvalue weighted by Gasteiger charge is 2.20. The Morgan fingerprint density at radius 1 is 0.947 bits per heavy atom. The van der Waals surface area contributed by atoms with Gasteiger partial charge in [0.1, 0.15) is 0 Å². The molecule has 0 aromatic heterocycles. The van der Waals surface area contributed by atoms with Crippen molar-refractivity contribution in [2.75, 3.05) is 19.6 Å². The van der Waals surface area contributed by atoms with E-state index in [4.69, 9.17) is 5.73 Å². The second-order valence-corrected chi connectivity index (χ2v) is 7.02. The van der Waals surface area contributed by atoms with Gasteiger partial charge in [-0.25, -0.2) is 0 Å². The molecule has 0 heterocycles. The van der Waals surface area contributed by atoms with E-state index >= 15 is 0 Å². The van der Waals surface area contributed by atoms with Gasteiger partial charge in [0.2, 0.25) is 5.91 Å². The fraction of sp³-hybridized carbons (Fsp3) is 0.938. The van der Waals surface area contributed by atoms with Crippen LogP contribution in [0.1, 0.15) is 54.4 Å². The van der Waals surface area contributed by atoms with Crippen LogP contribution in [0, 0.1) is 23.7 Å². The summed E-state index contributed by atoms with van der Waals surface area (Å²) in [7, 11) is 0. The number of nitrogens with zero attached hydrogens (tertiary/aromatic N) is 1. The van der Waals surface area contributed by atoms with Gasteiger partial charge in [0.25, 0.3) is 0 Å². The summed E-state index contributed by atoms with van der Waals surface area (Å²) < 4.78 is 0. The molecule has 0 aliphatic heterocycles. The minimum Gasteiger partial charge on any atom is -0.342 e. The topological polar surface area (TPSA) is 46.3 Å².